The molecule has 0 aromatic heterocycles. The molecule has 206 valence electrons. The van der Waals surface area contributed by atoms with Gasteiger partial charge in [0.05, 0.1) is 22.8 Å². The van der Waals surface area contributed by atoms with Gasteiger partial charge in [-0.15, -0.1) is 0 Å². The molecule has 5 rings (SSSR count). The first-order valence-electron chi connectivity index (χ1n) is 13.3. The number of hydrazine groups is 1. The van der Waals surface area contributed by atoms with Gasteiger partial charge >= 0.3 is 5.97 Å². The molecule has 11 nitrogen and oxygen atoms in total. The largest absolute Gasteiger partial charge is 0.459 e. The number of piperidine rings is 1. The van der Waals surface area contributed by atoms with Crippen LogP contribution in [0, 0.1) is 23.2 Å². The fourth-order valence-electron chi connectivity index (χ4n) is 6.19. The minimum Gasteiger partial charge on any atom is -0.459 e. The van der Waals surface area contributed by atoms with E-state index in [2.05, 4.69) is 27.1 Å². The summed E-state index contributed by atoms with van der Waals surface area (Å²) in [6.07, 6.45) is 4.25. The number of nitriles is 1. The Kier molecular flexibility index (Phi) is 7.15. The number of carbonyl (C=O) groups is 2. The Balaban J connectivity index is 1.34. The predicted octanol–water partition coefficient (Wildman–Crippen LogP) is 1.68. The Hall–Kier alpha value is -2.72. The van der Waals surface area contributed by atoms with Crippen molar-refractivity contribution >= 4 is 27.6 Å². The molecule has 3 fully saturated rings. The van der Waals surface area contributed by atoms with Crippen LogP contribution in [0.15, 0.2) is 23.1 Å². The third-order valence-electron chi connectivity index (χ3n) is 7.79. The molecule has 1 saturated carbocycles. The number of benzene rings is 1. The molecule has 12 heteroatoms. The van der Waals surface area contributed by atoms with Crippen LogP contribution in [0.1, 0.15) is 58.4 Å². The fraction of sp³-hybridized carbons (Fsp3) is 0.654. The van der Waals surface area contributed by atoms with Gasteiger partial charge in [-0.25, -0.2) is 18.9 Å². The zero-order valence-electron chi connectivity index (χ0n) is 22.1. The summed E-state index contributed by atoms with van der Waals surface area (Å²) < 4.78 is 32.5. The third kappa shape index (κ3) is 5.12. The number of carbonyl (C=O) groups excluding carboxylic acids is 2. The number of nitrogens with zero attached hydrogens (tertiary/aromatic N) is 3. The van der Waals surface area contributed by atoms with Crippen molar-refractivity contribution in [2.75, 3.05) is 18.4 Å². The Bertz CT molecular complexity index is 1260. The molecule has 1 aliphatic carbocycles. The molecule has 3 heterocycles. The van der Waals surface area contributed by atoms with Gasteiger partial charge in [0.25, 0.3) is 0 Å². The predicted molar refractivity (Wildman–Crippen MR) is 139 cm³/mol. The Morgan fingerprint density at radius 3 is 2.71 bits per heavy atom. The first kappa shape index (κ1) is 26.9. The van der Waals surface area contributed by atoms with Crippen LogP contribution in [0.25, 0.3) is 0 Å². The standard InChI is InChI=1S/C26H36N6O5S/c1-26(2,3)37-22(33)15-31-14-17-12-18(8-9-21(17)38(31,35)36)29-24-23-20(10-11-28-25(23)34)32(30-24)19-7-5-4-6-16(19)13-27/h8-9,12,16,19-20,23-24,29-30H,4-7,10-11,14-15H2,1-3H3,(H,28,34)/t16-,19+,20?,23?,24?/m1/s1. The first-order chi connectivity index (χ1) is 18.0. The van der Waals surface area contributed by atoms with Crippen molar-refractivity contribution in [2.24, 2.45) is 11.8 Å². The molecular weight excluding hydrogens is 508 g/mol. The van der Waals surface area contributed by atoms with E-state index in [1.807, 2.05) is 0 Å². The summed E-state index contributed by atoms with van der Waals surface area (Å²) in [6.45, 7) is 5.51. The highest BCUT2D eigenvalue weighted by molar-refractivity contribution is 7.89. The molecule has 5 atom stereocenters. The van der Waals surface area contributed by atoms with Crippen LogP contribution in [-0.4, -0.2) is 66.5 Å². The molecule has 3 aliphatic heterocycles. The van der Waals surface area contributed by atoms with Crippen molar-refractivity contribution in [1.82, 2.24) is 20.1 Å². The van der Waals surface area contributed by atoms with E-state index in [4.69, 9.17) is 4.74 Å². The quantitative estimate of drug-likeness (QED) is 0.472. The molecule has 1 aromatic carbocycles. The van der Waals surface area contributed by atoms with Gasteiger partial charge in [-0.05, 0) is 63.8 Å². The summed E-state index contributed by atoms with van der Waals surface area (Å²) in [5.74, 6) is -1.08. The number of anilines is 1. The number of amides is 1. The third-order valence-corrected chi connectivity index (χ3v) is 9.68. The fourth-order valence-corrected chi connectivity index (χ4v) is 7.75. The number of sulfonamides is 1. The molecule has 1 aromatic rings. The van der Waals surface area contributed by atoms with Gasteiger partial charge in [-0.2, -0.15) is 9.57 Å². The van der Waals surface area contributed by atoms with Crippen LogP contribution in [0.4, 0.5) is 5.69 Å². The van der Waals surface area contributed by atoms with E-state index in [0.29, 0.717) is 17.8 Å². The van der Waals surface area contributed by atoms with Crippen molar-refractivity contribution in [1.29, 1.82) is 5.26 Å². The van der Waals surface area contributed by atoms with Gasteiger partial charge in [0, 0.05) is 30.9 Å². The van der Waals surface area contributed by atoms with Crippen molar-refractivity contribution in [2.45, 2.75) is 88.2 Å². The normalized spacial score (nSPS) is 31.1. The monoisotopic (exact) mass is 544 g/mol. The number of esters is 1. The molecule has 2 saturated heterocycles. The molecule has 3 N–H and O–H groups in total. The smallest absolute Gasteiger partial charge is 0.321 e. The van der Waals surface area contributed by atoms with Crippen LogP contribution in [0.3, 0.4) is 0 Å². The van der Waals surface area contributed by atoms with Gasteiger partial charge in [0.15, 0.2) is 0 Å². The van der Waals surface area contributed by atoms with Crippen LogP contribution in [0.5, 0.6) is 0 Å². The first-order valence-corrected chi connectivity index (χ1v) is 14.8. The summed E-state index contributed by atoms with van der Waals surface area (Å²) >= 11 is 0. The summed E-state index contributed by atoms with van der Waals surface area (Å²) in [5, 5.41) is 18.3. The van der Waals surface area contributed by atoms with Crippen LogP contribution in [-0.2, 0) is 30.9 Å². The molecular formula is C26H36N6O5S. The van der Waals surface area contributed by atoms with Gasteiger partial charge in [0.2, 0.25) is 15.9 Å². The second-order valence-corrected chi connectivity index (χ2v) is 13.5. The molecule has 0 bridgehead atoms. The molecule has 4 aliphatic rings. The Morgan fingerprint density at radius 1 is 1.21 bits per heavy atom. The van der Waals surface area contributed by atoms with E-state index in [1.54, 1.807) is 39.0 Å². The van der Waals surface area contributed by atoms with E-state index >= 15 is 0 Å². The highest BCUT2D eigenvalue weighted by Gasteiger charge is 2.51. The van der Waals surface area contributed by atoms with Gasteiger partial charge < -0.3 is 15.4 Å². The zero-order chi connectivity index (χ0) is 27.2. The molecule has 1 amide bonds. The number of ether oxygens (including phenoxy) is 1. The SMILES string of the molecule is CC(C)(C)OC(=O)CN1Cc2cc(NC3NN([C@H]4CCCC[C@@H]4C#N)C4CCNC(=O)C34)ccc2S1(=O)=O. The molecule has 38 heavy (non-hydrogen) atoms. The summed E-state index contributed by atoms with van der Waals surface area (Å²) in [6, 6.07) is 7.48. The molecule has 0 spiro atoms. The lowest BCUT2D eigenvalue weighted by Crippen LogP contribution is -2.54. The van der Waals surface area contributed by atoms with Gasteiger partial charge in [0.1, 0.15) is 18.3 Å². The minimum absolute atomic E-state index is 0.0284. The number of hydrogen-bond acceptors (Lipinski definition) is 9. The lowest BCUT2D eigenvalue weighted by Gasteiger charge is -2.39. The van der Waals surface area contributed by atoms with Crippen molar-refractivity contribution in [3.63, 3.8) is 0 Å². The second-order valence-electron chi connectivity index (χ2n) is 11.6. The maximum atomic E-state index is 13.0. The molecule has 0 radical (unpaired) electrons. The summed E-state index contributed by atoms with van der Waals surface area (Å²) in [5.41, 5.74) is 4.05. The maximum Gasteiger partial charge on any atom is 0.321 e. The number of nitrogens with one attached hydrogen (secondary N) is 3. The number of fused-ring (bicyclic) bond motifs is 2. The van der Waals surface area contributed by atoms with Gasteiger partial charge in [-0.3, -0.25) is 9.59 Å². The molecule has 3 unspecified atom stereocenters. The van der Waals surface area contributed by atoms with E-state index in [0.717, 1.165) is 36.4 Å². The van der Waals surface area contributed by atoms with Crippen LogP contribution < -0.4 is 16.1 Å². The lowest BCUT2D eigenvalue weighted by molar-refractivity contribution is -0.155. The van der Waals surface area contributed by atoms with Crippen molar-refractivity contribution in [3.05, 3.63) is 23.8 Å². The van der Waals surface area contributed by atoms with Gasteiger partial charge in [-0.1, -0.05) is 12.8 Å². The van der Waals surface area contributed by atoms with Crippen molar-refractivity contribution < 1.29 is 22.7 Å². The van der Waals surface area contributed by atoms with Crippen LogP contribution in [0.2, 0.25) is 0 Å². The lowest BCUT2D eigenvalue weighted by atomic mass is 9.83. The zero-order valence-corrected chi connectivity index (χ0v) is 22.9. The van der Waals surface area contributed by atoms with Crippen LogP contribution >= 0.6 is 0 Å². The Morgan fingerprint density at radius 2 is 1.97 bits per heavy atom. The summed E-state index contributed by atoms with van der Waals surface area (Å²) in [7, 11) is -3.82. The topological polar surface area (TPSA) is 144 Å². The highest BCUT2D eigenvalue weighted by Crippen LogP contribution is 2.37. The summed E-state index contributed by atoms with van der Waals surface area (Å²) in [4.78, 5) is 25.4. The average molecular weight is 545 g/mol. The maximum absolute atomic E-state index is 13.0. The number of rotatable bonds is 5. The average Bonchev–Trinajstić information content (AvgIpc) is 3.32. The van der Waals surface area contributed by atoms with E-state index in [1.165, 1.54) is 0 Å². The second kappa shape index (κ2) is 10.1. The minimum atomic E-state index is -3.82. The van der Waals surface area contributed by atoms with E-state index < -0.39 is 27.8 Å². The highest BCUT2D eigenvalue weighted by atomic mass is 32.2. The van der Waals surface area contributed by atoms with Crippen molar-refractivity contribution in [3.8, 4) is 6.07 Å². The van der Waals surface area contributed by atoms with E-state index in [9.17, 15) is 23.3 Å². The Labute approximate surface area is 223 Å². The van der Waals surface area contributed by atoms with E-state index in [-0.39, 0.29) is 47.8 Å². The number of hydrogen-bond donors (Lipinski definition) is 3.